The number of rotatable bonds is 7. The lowest BCUT2D eigenvalue weighted by atomic mass is 10.0. The van der Waals surface area contributed by atoms with Crippen LogP contribution < -0.4 is 15.0 Å². The predicted octanol–water partition coefficient (Wildman–Crippen LogP) is 3.44. The fourth-order valence-corrected chi connectivity index (χ4v) is 2.85. The first-order chi connectivity index (χ1) is 9.83. The van der Waals surface area contributed by atoms with Crippen LogP contribution in [-0.4, -0.2) is 32.3 Å². The third-order valence-electron chi connectivity index (χ3n) is 4.09. The van der Waals surface area contributed by atoms with E-state index in [-0.39, 0.29) is 0 Å². The molecule has 1 aliphatic heterocycles. The fraction of sp³-hybridized carbons (Fsp3) is 0.647. The van der Waals surface area contributed by atoms with Crippen LogP contribution in [0.4, 0.5) is 5.69 Å². The van der Waals surface area contributed by atoms with E-state index < -0.39 is 0 Å². The third kappa shape index (κ3) is 4.41. The number of piperidine rings is 1. The van der Waals surface area contributed by atoms with Gasteiger partial charge in [0, 0.05) is 30.9 Å². The van der Waals surface area contributed by atoms with E-state index in [4.69, 9.17) is 4.74 Å². The van der Waals surface area contributed by atoms with Crippen molar-refractivity contribution in [1.82, 2.24) is 5.32 Å². The molecule has 0 unspecified atom stereocenters. The first-order valence-electron chi connectivity index (χ1n) is 8.04. The maximum atomic E-state index is 5.92. The summed E-state index contributed by atoms with van der Waals surface area (Å²) in [6.45, 7) is 8.41. The molecule has 0 bridgehead atoms. The highest BCUT2D eigenvalue weighted by atomic mass is 16.5. The van der Waals surface area contributed by atoms with Gasteiger partial charge in [0.25, 0.3) is 0 Å². The molecule has 2 rings (SSSR count). The van der Waals surface area contributed by atoms with Crippen LogP contribution in [0.5, 0.6) is 5.75 Å². The molecule has 1 N–H and O–H groups in total. The lowest BCUT2D eigenvalue weighted by molar-refractivity contribution is 0.268. The Morgan fingerprint density at radius 1 is 1.25 bits per heavy atom. The van der Waals surface area contributed by atoms with Crippen molar-refractivity contribution in [3.05, 3.63) is 24.3 Å². The van der Waals surface area contributed by atoms with Crippen molar-refractivity contribution >= 4 is 5.69 Å². The van der Waals surface area contributed by atoms with Crippen molar-refractivity contribution < 1.29 is 4.74 Å². The van der Waals surface area contributed by atoms with E-state index >= 15 is 0 Å². The van der Waals surface area contributed by atoms with Crippen molar-refractivity contribution in [2.24, 2.45) is 0 Å². The molecule has 1 fully saturated rings. The van der Waals surface area contributed by atoms with Crippen LogP contribution in [0.2, 0.25) is 0 Å². The molecule has 3 heteroatoms. The Kier molecular flexibility index (Phi) is 6.19. The summed E-state index contributed by atoms with van der Waals surface area (Å²) in [6, 6.07) is 9.10. The van der Waals surface area contributed by atoms with Crippen molar-refractivity contribution in [3.8, 4) is 5.75 Å². The minimum atomic E-state index is 0.648. The number of hydrogen-bond donors (Lipinski definition) is 1. The molecule has 0 aliphatic carbocycles. The number of benzene rings is 1. The van der Waals surface area contributed by atoms with Crippen LogP contribution in [0.1, 0.15) is 39.5 Å². The molecule has 20 heavy (non-hydrogen) atoms. The van der Waals surface area contributed by atoms with Crippen molar-refractivity contribution in [2.45, 2.75) is 45.6 Å². The van der Waals surface area contributed by atoms with E-state index in [2.05, 4.69) is 48.3 Å². The molecule has 0 radical (unpaired) electrons. The number of nitrogens with one attached hydrogen (secondary N) is 1. The topological polar surface area (TPSA) is 24.5 Å². The van der Waals surface area contributed by atoms with E-state index in [1.54, 1.807) is 0 Å². The van der Waals surface area contributed by atoms with Crippen molar-refractivity contribution in [3.63, 3.8) is 0 Å². The molecule has 1 heterocycles. The normalized spacial score (nSPS) is 18.8. The minimum absolute atomic E-state index is 0.648. The Labute approximate surface area is 123 Å². The van der Waals surface area contributed by atoms with Gasteiger partial charge in [-0.25, -0.2) is 0 Å². The summed E-state index contributed by atoms with van der Waals surface area (Å²) < 4.78 is 5.92. The van der Waals surface area contributed by atoms with Gasteiger partial charge in [0.05, 0.1) is 6.61 Å². The van der Waals surface area contributed by atoms with Crippen LogP contribution in [0, 0.1) is 0 Å². The second kappa shape index (κ2) is 8.15. The van der Waals surface area contributed by atoms with Gasteiger partial charge in [-0.1, -0.05) is 12.5 Å². The monoisotopic (exact) mass is 276 g/mol. The molecule has 0 saturated carbocycles. The van der Waals surface area contributed by atoms with Crippen LogP contribution in [0.25, 0.3) is 0 Å². The van der Waals surface area contributed by atoms with Crippen molar-refractivity contribution in [1.29, 1.82) is 0 Å². The lowest BCUT2D eigenvalue weighted by Gasteiger charge is -2.24. The second-order valence-corrected chi connectivity index (χ2v) is 5.45. The summed E-state index contributed by atoms with van der Waals surface area (Å²) in [6.07, 6.45) is 5.08. The Balaban J connectivity index is 1.81. The van der Waals surface area contributed by atoms with Gasteiger partial charge in [0.2, 0.25) is 0 Å². The van der Waals surface area contributed by atoms with E-state index in [1.165, 1.54) is 31.5 Å². The summed E-state index contributed by atoms with van der Waals surface area (Å²) in [4.78, 5) is 2.34. The molecule has 1 aliphatic rings. The number of nitrogens with zero attached hydrogens (tertiary/aromatic N) is 1. The van der Waals surface area contributed by atoms with Gasteiger partial charge >= 0.3 is 0 Å². The van der Waals surface area contributed by atoms with E-state index in [0.29, 0.717) is 6.04 Å². The Morgan fingerprint density at radius 3 is 2.80 bits per heavy atom. The van der Waals surface area contributed by atoms with Crippen LogP contribution in [-0.2, 0) is 0 Å². The summed E-state index contributed by atoms with van der Waals surface area (Å²) in [5.41, 5.74) is 1.25. The zero-order valence-electron chi connectivity index (χ0n) is 12.9. The number of hydrogen-bond acceptors (Lipinski definition) is 3. The maximum Gasteiger partial charge on any atom is 0.121 e. The Bertz CT molecular complexity index is 384. The van der Waals surface area contributed by atoms with Gasteiger partial charge in [0.1, 0.15) is 5.75 Å². The number of anilines is 1. The standard InChI is InChI=1S/C17H28N2O/c1-3-19(4-2)16-9-7-10-17(14-16)20-13-11-15-8-5-6-12-18-15/h7,9-10,14-15,18H,3-6,8,11-13H2,1-2H3/t15-/m0/s1. The molecule has 0 spiro atoms. The maximum absolute atomic E-state index is 5.92. The summed E-state index contributed by atoms with van der Waals surface area (Å²) in [5, 5.41) is 3.56. The van der Waals surface area contributed by atoms with Crippen LogP contribution in [0.15, 0.2) is 24.3 Å². The van der Waals surface area contributed by atoms with Gasteiger partial charge in [-0.15, -0.1) is 0 Å². The summed E-state index contributed by atoms with van der Waals surface area (Å²) in [7, 11) is 0. The van der Waals surface area contributed by atoms with Crippen LogP contribution >= 0.6 is 0 Å². The van der Waals surface area contributed by atoms with E-state index in [1.807, 2.05) is 0 Å². The zero-order valence-corrected chi connectivity index (χ0v) is 12.9. The summed E-state index contributed by atoms with van der Waals surface area (Å²) >= 11 is 0. The highest BCUT2D eigenvalue weighted by molar-refractivity contribution is 5.50. The average molecular weight is 276 g/mol. The van der Waals surface area contributed by atoms with Crippen LogP contribution in [0.3, 0.4) is 0 Å². The molecule has 1 saturated heterocycles. The quantitative estimate of drug-likeness (QED) is 0.825. The van der Waals surface area contributed by atoms with E-state index in [0.717, 1.165) is 31.9 Å². The first kappa shape index (κ1) is 15.2. The zero-order chi connectivity index (χ0) is 14.2. The smallest absolute Gasteiger partial charge is 0.121 e. The third-order valence-corrected chi connectivity index (χ3v) is 4.09. The van der Waals surface area contributed by atoms with Gasteiger partial charge < -0.3 is 15.0 Å². The Hall–Kier alpha value is -1.22. The molecule has 112 valence electrons. The largest absolute Gasteiger partial charge is 0.493 e. The number of ether oxygens (including phenoxy) is 1. The lowest BCUT2D eigenvalue weighted by Crippen LogP contribution is -2.35. The second-order valence-electron chi connectivity index (χ2n) is 5.45. The SMILES string of the molecule is CCN(CC)c1cccc(OCC[C@@H]2CCCCN2)c1. The molecule has 0 aromatic heterocycles. The average Bonchev–Trinajstić information content (AvgIpc) is 2.50. The molecular weight excluding hydrogens is 248 g/mol. The summed E-state index contributed by atoms with van der Waals surface area (Å²) in [5.74, 6) is 0.991. The predicted molar refractivity (Wildman–Crippen MR) is 85.8 cm³/mol. The highest BCUT2D eigenvalue weighted by Crippen LogP contribution is 2.21. The van der Waals surface area contributed by atoms with E-state index in [9.17, 15) is 0 Å². The fourth-order valence-electron chi connectivity index (χ4n) is 2.85. The molecule has 1 aromatic rings. The molecular formula is C17H28N2O. The van der Waals surface area contributed by atoms with Gasteiger partial charge in [-0.2, -0.15) is 0 Å². The minimum Gasteiger partial charge on any atom is -0.493 e. The first-order valence-corrected chi connectivity index (χ1v) is 8.04. The highest BCUT2D eigenvalue weighted by Gasteiger charge is 2.12. The van der Waals surface area contributed by atoms with Gasteiger partial charge in [-0.3, -0.25) is 0 Å². The van der Waals surface area contributed by atoms with Gasteiger partial charge in [0.15, 0.2) is 0 Å². The Morgan fingerprint density at radius 2 is 2.10 bits per heavy atom. The van der Waals surface area contributed by atoms with Gasteiger partial charge in [-0.05, 0) is 51.8 Å². The molecule has 0 amide bonds. The van der Waals surface area contributed by atoms with Crippen molar-refractivity contribution in [2.75, 3.05) is 31.1 Å². The molecule has 1 aromatic carbocycles. The molecule has 1 atom stereocenters. The molecule has 3 nitrogen and oxygen atoms in total.